The predicted octanol–water partition coefficient (Wildman–Crippen LogP) is 2.52. The van der Waals surface area contributed by atoms with Crippen molar-refractivity contribution in [3.05, 3.63) is 34.9 Å². The van der Waals surface area contributed by atoms with E-state index in [-0.39, 0.29) is 24.6 Å². The number of hydrogen-bond acceptors (Lipinski definition) is 3. The number of carbonyl (C=O) groups excluding carboxylic acids is 1. The van der Waals surface area contributed by atoms with E-state index in [1.807, 2.05) is 6.92 Å². The van der Waals surface area contributed by atoms with Gasteiger partial charge in [-0.25, -0.2) is 8.78 Å². The van der Waals surface area contributed by atoms with Gasteiger partial charge in [-0.1, -0.05) is 12.0 Å². The Morgan fingerprint density at radius 3 is 3.00 bits per heavy atom. The lowest BCUT2D eigenvalue weighted by Crippen LogP contribution is -2.47. The molecule has 1 atom stereocenters. The Morgan fingerprint density at radius 1 is 1.52 bits per heavy atom. The summed E-state index contributed by atoms with van der Waals surface area (Å²) in [5, 5.41) is 8.15. The van der Waals surface area contributed by atoms with Gasteiger partial charge in [0.2, 0.25) is 0 Å². The van der Waals surface area contributed by atoms with Gasteiger partial charge in [-0.3, -0.25) is 9.80 Å². The van der Waals surface area contributed by atoms with Crippen LogP contribution in [0.25, 0.3) is 0 Å². The monoisotopic (exact) mass is 317 g/mol. The molecule has 2 heterocycles. The molecule has 120 valence electrons. The number of piperidine rings is 1. The van der Waals surface area contributed by atoms with Crippen molar-refractivity contribution in [2.24, 2.45) is 5.10 Å². The summed E-state index contributed by atoms with van der Waals surface area (Å²) in [5.41, 5.74) is 1.93. The van der Waals surface area contributed by atoms with Crippen molar-refractivity contribution in [1.29, 1.82) is 0 Å². The standard InChI is InChI=1S/C17H17F2N3O/c1-3-12-9-13(6-5-11(12)2)16(23)20-15-10-14-17(18,19)7-4-8-22(14)21-15/h1,5-6,9,14H,4,7-8,10H2,2H3,(H,20,21,23). The van der Waals surface area contributed by atoms with Crippen LogP contribution in [0.1, 0.15) is 40.7 Å². The molecule has 1 N–H and O–H groups in total. The highest BCUT2D eigenvalue weighted by molar-refractivity contribution is 6.07. The van der Waals surface area contributed by atoms with Crippen LogP contribution >= 0.6 is 0 Å². The van der Waals surface area contributed by atoms with E-state index in [2.05, 4.69) is 16.3 Å². The van der Waals surface area contributed by atoms with E-state index in [1.54, 1.807) is 18.2 Å². The molecule has 6 heteroatoms. The average Bonchev–Trinajstić information content (AvgIpc) is 2.91. The molecule has 2 aliphatic heterocycles. The minimum Gasteiger partial charge on any atom is -0.309 e. The van der Waals surface area contributed by atoms with Crippen LogP contribution in [-0.4, -0.2) is 35.3 Å². The lowest BCUT2D eigenvalue weighted by Gasteiger charge is -2.35. The van der Waals surface area contributed by atoms with Gasteiger partial charge in [0.1, 0.15) is 11.9 Å². The second-order valence-electron chi connectivity index (χ2n) is 5.92. The van der Waals surface area contributed by atoms with E-state index in [4.69, 9.17) is 6.42 Å². The van der Waals surface area contributed by atoms with Gasteiger partial charge in [0.15, 0.2) is 0 Å². The molecule has 23 heavy (non-hydrogen) atoms. The van der Waals surface area contributed by atoms with Gasteiger partial charge in [0.25, 0.3) is 11.8 Å². The van der Waals surface area contributed by atoms with Gasteiger partial charge in [-0.05, 0) is 31.0 Å². The summed E-state index contributed by atoms with van der Waals surface area (Å²) in [4.78, 5) is 12.3. The Labute approximate surface area is 133 Å². The van der Waals surface area contributed by atoms with Gasteiger partial charge >= 0.3 is 0 Å². The lowest BCUT2D eigenvalue weighted by molar-refractivity contribution is -0.104. The molecule has 0 radical (unpaired) electrons. The number of aryl methyl sites for hydroxylation is 1. The zero-order chi connectivity index (χ0) is 16.6. The maximum absolute atomic E-state index is 13.9. The molecule has 4 nitrogen and oxygen atoms in total. The molecular weight excluding hydrogens is 300 g/mol. The van der Waals surface area contributed by atoms with Crippen LogP contribution in [0.5, 0.6) is 0 Å². The van der Waals surface area contributed by atoms with Crippen molar-refractivity contribution in [2.75, 3.05) is 6.54 Å². The van der Waals surface area contributed by atoms with Crippen molar-refractivity contribution >= 4 is 11.7 Å². The van der Waals surface area contributed by atoms with Gasteiger partial charge in [0, 0.05) is 30.5 Å². The largest absolute Gasteiger partial charge is 0.309 e. The van der Waals surface area contributed by atoms with Gasteiger partial charge in [-0.2, -0.15) is 5.10 Å². The smallest absolute Gasteiger partial charge is 0.270 e. The molecule has 0 aromatic heterocycles. The topological polar surface area (TPSA) is 44.7 Å². The van der Waals surface area contributed by atoms with Gasteiger partial charge in [0.05, 0.1) is 0 Å². The Balaban J connectivity index is 1.73. The number of hydrazone groups is 1. The maximum Gasteiger partial charge on any atom is 0.270 e. The Hall–Kier alpha value is -2.42. The summed E-state index contributed by atoms with van der Waals surface area (Å²) in [5.74, 6) is -0.355. The number of fused-ring (bicyclic) bond motifs is 1. The van der Waals surface area contributed by atoms with Crippen LogP contribution in [0.4, 0.5) is 8.78 Å². The zero-order valence-corrected chi connectivity index (χ0v) is 12.8. The van der Waals surface area contributed by atoms with E-state index < -0.39 is 12.0 Å². The van der Waals surface area contributed by atoms with Crippen LogP contribution in [0.15, 0.2) is 23.3 Å². The summed E-state index contributed by atoms with van der Waals surface area (Å²) in [6.45, 7) is 2.35. The van der Waals surface area contributed by atoms with Crippen molar-refractivity contribution in [1.82, 2.24) is 10.3 Å². The normalized spacial score (nSPS) is 22.1. The number of amides is 1. The number of nitrogens with zero attached hydrogens (tertiary/aromatic N) is 2. The number of halogens is 2. The number of carbonyl (C=O) groups is 1. The highest BCUT2D eigenvalue weighted by Gasteiger charge is 2.49. The summed E-state index contributed by atoms with van der Waals surface area (Å²) in [7, 11) is 0. The maximum atomic E-state index is 13.9. The van der Waals surface area contributed by atoms with E-state index >= 15 is 0 Å². The van der Waals surface area contributed by atoms with Gasteiger partial charge < -0.3 is 5.32 Å². The number of hydrogen-bond donors (Lipinski definition) is 1. The minimum absolute atomic E-state index is 0.0482. The fourth-order valence-electron chi connectivity index (χ4n) is 2.97. The summed E-state index contributed by atoms with van der Waals surface area (Å²) in [6, 6.07) is 4.08. The number of alkyl halides is 2. The Bertz CT molecular complexity index is 721. The first-order chi connectivity index (χ1) is 10.9. The number of benzene rings is 1. The van der Waals surface area contributed by atoms with E-state index in [0.717, 1.165) is 5.56 Å². The van der Waals surface area contributed by atoms with Crippen molar-refractivity contribution < 1.29 is 13.6 Å². The Kier molecular flexibility index (Phi) is 3.80. The first-order valence-corrected chi connectivity index (χ1v) is 7.51. The fraction of sp³-hybridized carbons (Fsp3) is 0.412. The van der Waals surface area contributed by atoms with Crippen LogP contribution in [0, 0.1) is 19.3 Å². The molecule has 0 spiro atoms. The first-order valence-electron chi connectivity index (χ1n) is 7.51. The second-order valence-corrected chi connectivity index (χ2v) is 5.92. The molecule has 1 saturated heterocycles. The van der Waals surface area contributed by atoms with Gasteiger partial charge in [-0.15, -0.1) is 6.42 Å². The summed E-state index contributed by atoms with van der Waals surface area (Å²) < 4.78 is 27.8. The molecule has 0 bridgehead atoms. The molecule has 1 amide bonds. The van der Waals surface area contributed by atoms with E-state index in [1.165, 1.54) is 5.01 Å². The highest BCUT2D eigenvalue weighted by Crippen LogP contribution is 2.37. The molecule has 1 aromatic carbocycles. The molecular formula is C17H17F2N3O. The third-order valence-electron chi connectivity index (χ3n) is 4.29. The lowest BCUT2D eigenvalue weighted by atomic mass is 9.97. The minimum atomic E-state index is -2.77. The molecule has 3 rings (SSSR count). The first kappa shape index (κ1) is 15.5. The molecule has 0 aliphatic carbocycles. The number of amidine groups is 1. The third kappa shape index (κ3) is 2.91. The average molecular weight is 317 g/mol. The summed E-state index contributed by atoms with van der Waals surface area (Å²) >= 11 is 0. The van der Waals surface area contributed by atoms with Crippen molar-refractivity contribution in [3.63, 3.8) is 0 Å². The highest BCUT2D eigenvalue weighted by atomic mass is 19.3. The predicted molar refractivity (Wildman–Crippen MR) is 83.3 cm³/mol. The quantitative estimate of drug-likeness (QED) is 0.809. The second kappa shape index (κ2) is 5.65. The zero-order valence-electron chi connectivity index (χ0n) is 12.8. The van der Waals surface area contributed by atoms with Crippen molar-refractivity contribution in [3.8, 4) is 12.3 Å². The molecule has 1 unspecified atom stereocenters. The van der Waals surface area contributed by atoms with E-state index in [0.29, 0.717) is 24.1 Å². The van der Waals surface area contributed by atoms with E-state index in [9.17, 15) is 13.6 Å². The number of nitrogens with one attached hydrogen (secondary N) is 1. The molecule has 1 fully saturated rings. The summed E-state index contributed by atoms with van der Waals surface area (Å²) in [6.07, 6.45) is 5.72. The molecule has 0 saturated carbocycles. The number of rotatable bonds is 1. The van der Waals surface area contributed by atoms with Crippen LogP contribution in [-0.2, 0) is 0 Å². The van der Waals surface area contributed by atoms with Crippen LogP contribution < -0.4 is 5.32 Å². The number of terminal acetylenes is 1. The van der Waals surface area contributed by atoms with Crippen LogP contribution in [0.2, 0.25) is 0 Å². The van der Waals surface area contributed by atoms with Crippen LogP contribution in [0.3, 0.4) is 0 Å². The molecule has 2 aliphatic rings. The SMILES string of the molecule is C#Cc1cc(C(=O)NC2=NN3CCCC(F)(F)C3C2)ccc1C. The molecule has 1 aromatic rings. The third-order valence-corrected chi connectivity index (χ3v) is 4.29. The van der Waals surface area contributed by atoms with Crippen molar-refractivity contribution in [2.45, 2.75) is 38.2 Å². The Morgan fingerprint density at radius 2 is 2.30 bits per heavy atom. The fourth-order valence-corrected chi connectivity index (χ4v) is 2.97.